The van der Waals surface area contributed by atoms with Crippen LogP contribution in [0.5, 0.6) is 11.5 Å². The highest BCUT2D eigenvalue weighted by molar-refractivity contribution is 5.95. The van der Waals surface area contributed by atoms with Crippen LogP contribution in [0.4, 0.5) is 10.5 Å². The minimum Gasteiger partial charge on any atom is -0.497 e. The Morgan fingerprint density at radius 2 is 1.91 bits per heavy atom. The first-order valence-corrected chi connectivity index (χ1v) is 11.6. The molecule has 0 spiro atoms. The number of likely N-dealkylation sites (tertiary alicyclic amines) is 1. The van der Waals surface area contributed by atoms with Gasteiger partial charge < -0.3 is 25.0 Å². The van der Waals surface area contributed by atoms with E-state index in [1.54, 1.807) is 25.3 Å². The van der Waals surface area contributed by atoms with E-state index in [0.717, 1.165) is 32.2 Å². The minimum atomic E-state index is -0.574. The molecule has 178 valence electrons. The summed E-state index contributed by atoms with van der Waals surface area (Å²) >= 11 is 0. The highest BCUT2D eigenvalue weighted by Crippen LogP contribution is 2.52. The predicted molar refractivity (Wildman–Crippen MR) is 126 cm³/mol. The van der Waals surface area contributed by atoms with Crippen LogP contribution in [0, 0.1) is 16.7 Å². The summed E-state index contributed by atoms with van der Waals surface area (Å²) in [5.74, 6) is 1.18. The topological polar surface area (TPSA) is 79.9 Å². The lowest BCUT2D eigenvalue weighted by molar-refractivity contribution is -0.135. The number of anilines is 1. The Morgan fingerprint density at radius 3 is 2.53 bits per heavy atom. The van der Waals surface area contributed by atoms with Gasteiger partial charge in [-0.15, -0.1) is 0 Å². The largest absolute Gasteiger partial charge is 0.497 e. The van der Waals surface area contributed by atoms with Crippen molar-refractivity contribution in [3.8, 4) is 11.5 Å². The second-order valence-corrected chi connectivity index (χ2v) is 10.7. The molecule has 0 aromatic heterocycles. The maximum Gasteiger partial charge on any atom is 0.320 e. The van der Waals surface area contributed by atoms with Crippen molar-refractivity contribution in [3.63, 3.8) is 0 Å². The molecule has 2 bridgehead atoms. The zero-order valence-corrected chi connectivity index (χ0v) is 20.6. The van der Waals surface area contributed by atoms with Crippen LogP contribution in [0.3, 0.4) is 0 Å². The SMILES string of the molecule is CCC(C)C(NC(=O)Nc1ccc(OC)cc1OC)C(=O)N1CC2(C)CC1CC(C)(C)C2. The molecule has 1 saturated carbocycles. The number of carbonyl (C=O) groups is 2. The maximum atomic E-state index is 13.7. The van der Waals surface area contributed by atoms with Gasteiger partial charge in [0.2, 0.25) is 5.91 Å². The number of fused-ring (bicyclic) bond motifs is 2. The molecule has 1 saturated heterocycles. The maximum absolute atomic E-state index is 13.7. The molecule has 1 aliphatic carbocycles. The van der Waals surface area contributed by atoms with Crippen LogP contribution >= 0.6 is 0 Å². The number of hydrogen-bond donors (Lipinski definition) is 2. The van der Waals surface area contributed by atoms with Crippen molar-refractivity contribution in [2.75, 3.05) is 26.1 Å². The Hall–Kier alpha value is -2.44. The van der Waals surface area contributed by atoms with E-state index >= 15 is 0 Å². The third kappa shape index (κ3) is 5.13. The number of hydrogen-bond acceptors (Lipinski definition) is 4. The summed E-state index contributed by atoms with van der Waals surface area (Å²) in [5, 5.41) is 5.79. The zero-order chi connectivity index (χ0) is 23.7. The smallest absolute Gasteiger partial charge is 0.320 e. The molecule has 2 aliphatic rings. The van der Waals surface area contributed by atoms with Crippen LogP contribution in [-0.2, 0) is 4.79 Å². The monoisotopic (exact) mass is 445 g/mol. The first-order valence-electron chi connectivity index (χ1n) is 11.6. The van der Waals surface area contributed by atoms with Crippen molar-refractivity contribution in [1.29, 1.82) is 0 Å². The summed E-state index contributed by atoms with van der Waals surface area (Å²) in [7, 11) is 3.11. The van der Waals surface area contributed by atoms with Crippen LogP contribution in [0.2, 0.25) is 0 Å². The molecule has 1 aromatic carbocycles. The fourth-order valence-electron chi connectivity index (χ4n) is 5.78. The number of benzene rings is 1. The fraction of sp³-hybridized carbons (Fsp3) is 0.680. The van der Waals surface area contributed by atoms with E-state index in [4.69, 9.17) is 9.47 Å². The van der Waals surface area contributed by atoms with Crippen molar-refractivity contribution in [1.82, 2.24) is 10.2 Å². The Kier molecular flexibility index (Phi) is 6.96. The quantitative estimate of drug-likeness (QED) is 0.639. The van der Waals surface area contributed by atoms with Gasteiger partial charge in [-0.2, -0.15) is 0 Å². The number of urea groups is 1. The van der Waals surface area contributed by atoms with Gasteiger partial charge in [-0.05, 0) is 48.1 Å². The molecule has 7 heteroatoms. The van der Waals surface area contributed by atoms with Gasteiger partial charge in [-0.3, -0.25) is 4.79 Å². The summed E-state index contributed by atoms with van der Waals surface area (Å²) < 4.78 is 10.6. The van der Waals surface area contributed by atoms with Gasteiger partial charge in [0.05, 0.1) is 19.9 Å². The lowest BCUT2D eigenvalue weighted by Crippen LogP contribution is -2.54. The predicted octanol–water partition coefficient (Wildman–Crippen LogP) is 4.67. The lowest BCUT2D eigenvalue weighted by atomic mass is 9.65. The number of nitrogens with one attached hydrogen (secondary N) is 2. The van der Waals surface area contributed by atoms with Crippen LogP contribution < -0.4 is 20.1 Å². The van der Waals surface area contributed by atoms with Crippen molar-refractivity contribution < 1.29 is 19.1 Å². The molecule has 1 aliphatic heterocycles. The minimum absolute atomic E-state index is 0.0206. The van der Waals surface area contributed by atoms with E-state index in [9.17, 15) is 9.59 Å². The summed E-state index contributed by atoms with van der Waals surface area (Å²) in [6.07, 6.45) is 3.98. The van der Waals surface area contributed by atoms with Gasteiger partial charge in [0.1, 0.15) is 17.5 Å². The van der Waals surface area contributed by atoms with Crippen LogP contribution in [0.15, 0.2) is 18.2 Å². The van der Waals surface area contributed by atoms with E-state index in [0.29, 0.717) is 17.2 Å². The van der Waals surface area contributed by atoms with Gasteiger partial charge in [-0.25, -0.2) is 4.79 Å². The van der Waals surface area contributed by atoms with E-state index in [2.05, 4.69) is 31.4 Å². The number of ether oxygens (including phenoxy) is 2. The standard InChI is InChI=1S/C25H39N3O4/c1-8-16(2)21(22(29)28-15-25(5)13-17(28)12-24(3,4)14-25)27-23(30)26-19-10-9-18(31-6)11-20(19)32-7/h9-11,16-17,21H,8,12-15H2,1-7H3,(H2,26,27,30). The Labute approximate surface area is 192 Å². The molecule has 1 heterocycles. The van der Waals surface area contributed by atoms with Gasteiger partial charge in [0, 0.05) is 18.7 Å². The first-order chi connectivity index (χ1) is 15.0. The van der Waals surface area contributed by atoms with Gasteiger partial charge in [0.25, 0.3) is 0 Å². The average Bonchev–Trinajstić information content (AvgIpc) is 2.99. The number of rotatable bonds is 7. The Morgan fingerprint density at radius 1 is 1.19 bits per heavy atom. The normalized spacial score (nSPS) is 25.6. The number of nitrogens with zero attached hydrogens (tertiary/aromatic N) is 1. The molecular weight excluding hydrogens is 406 g/mol. The van der Waals surface area contributed by atoms with Crippen molar-refractivity contribution in [2.24, 2.45) is 16.7 Å². The van der Waals surface area contributed by atoms with Crippen LogP contribution in [0.25, 0.3) is 0 Å². The first kappa shape index (κ1) is 24.2. The fourth-order valence-corrected chi connectivity index (χ4v) is 5.78. The molecule has 3 rings (SSSR count). The third-order valence-corrected chi connectivity index (χ3v) is 7.12. The second-order valence-electron chi connectivity index (χ2n) is 10.7. The molecule has 4 unspecified atom stereocenters. The van der Waals surface area contributed by atoms with Crippen LogP contribution in [0.1, 0.15) is 60.3 Å². The van der Waals surface area contributed by atoms with Crippen molar-refractivity contribution in [3.05, 3.63) is 18.2 Å². The number of methoxy groups -OCH3 is 2. The van der Waals surface area contributed by atoms with E-state index in [-0.39, 0.29) is 28.7 Å². The molecule has 0 radical (unpaired) electrons. The van der Waals surface area contributed by atoms with Crippen molar-refractivity contribution >= 4 is 17.6 Å². The van der Waals surface area contributed by atoms with Gasteiger partial charge in [0.15, 0.2) is 0 Å². The van der Waals surface area contributed by atoms with E-state index in [1.807, 2.05) is 18.7 Å². The molecule has 3 amide bonds. The Balaban J connectivity index is 1.75. The summed E-state index contributed by atoms with van der Waals surface area (Å²) in [6.45, 7) is 11.7. The molecule has 32 heavy (non-hydrogen) atoms. The van der Waals surface area contributed by atoms with E-state index in [1.165, 1.54) is 7.11 Å². The molecule has 2 fully saturated rings. The average molecular weight is 446 g/mol. The number of carbonyl (C=O) groups excluding carboxylic acids is 2. The van der Waals surface area contributed by atoms with Crippen LogP contribution in [-0.4, -0.2) is 49.7 Å². The van der Waals surface area contributed by atoms with Crippen molar-refractivity contribution in [2.45, 2.75) is 72.4 Å². The Bertz CT molecular complexity index is 856. The number of amides is 3. The molecule has 4 atom stereocenters. The highest BCUT2D eigenvalue weighted by Gasteiger charge is 2.52. The zero-order valence-electron chi connectivity index (χ0n) is 20.6. The molecule has 2 N–H and O–H groups in total. The summed E-state index contributed by atoms with van der Waals surface area (Å²) in [5.41, 5.74) is 0.905. The molecule has 7 nitrogen and oxygen atoms in total. The third-order valence-electron chi connectivity index (χ3n) is 7.12. The molecular formula is C25H39N3O4. The van der Waals surface area contributed by atoms with E-state index < -0.39 is 12.1 Å². The van der Waals surface area contributed by atoms with Gasteiger partial charge >= 0.3 is 6.03 Å². The lowest BCUT2D eigenvalue weighted by Gasteiger charge is -2.39. The summed E-state index contributed by atoms with van der Waals surface area (Å²) in [6, 6.07) is 4.44. The van der Waals surface area contributed by atoms with Gasteiger partial charge in [-0.1, -0.05) is 41.0 Å². The highest BCUT2D eigenvalue weighted by atomic mass is 16.5. The summed E-state index contributed by atoms with van der Waals surface area (Å²) in [4.78, 5) is 28.6. The second kappa shape index (κ2) is 9.20. The molecule has 1 aromatic rings.